The standard InChI is InChI=1S/C51H30N4O2/c1-4-14-31(15-5-1)35-21-13-25-44-47(35)39-27-26-34(28-45(39)56-44)50-52-49(33-18-8-3-9-19-33)53-51(54-50)55-42-24-11-10-20-37(42)40-29-41-38-23-12-22-36(32-16-6-2-7-17-32)48(38)57-46(41)30-43(40)55/h1-30H. The molecule has 12 rings (SSSR count). The van der Waals surface area contributed by atoms with Gasteiger partial charge in [0.2, 0.25) is 5.95 Å². The molecule has 0 radical (unpaired) electrons. The van der Waals surface area contributed by atoms with Gasteiger partial charge >= 0.3 is 0 Å². The minimum atomic E-state index is 0.515. The Bertz CT molecular complexity index is 3510. The molecule has 0 unspecified atom stereocenters. The molecule has 12 aromatic rings. The number of hydrogen-bond acceptors (Lipinski definition) is 5. The lowest BCUT2D eigenvalue weighted by molar-refractivity contribution is 0.669. The zero-order valence-electron chi connectivity index (χ0n) is 30.4. The predicted molar refractivity (Wildman–Crippen MR) is 230 cm³/mol. The van der Waals surface area contributed by atoms with E-state index in [1.165, 1.54) is 0 Å². The summed E-state index contributed by atoms with van der Waals surface area (Å²) in [5.74, 6) is 1.64. The first kappa shape index (κ1) is 31.5. The molecule has 0 aliphatic heterocycles. The van der Waals surface area contributed by atoms with Crippen LogP contribution in [0.1, 0.15) is 0 Å². The van der Waals surface area contributed by atoms with Crippen LogP contribution in [0.4, 0.5) is 0 Å². The summed E-state index contributed by atoms with van der Waals surface area (Å²) in [6, 6.07) is 62.6. The number of rotatable bonds is 5. The molecule has 0 N–H and O–H groups in total. The van der Waals surface area contributed by atoms with Crippen molar-refractivity contribution in [3.05, 3.63) is 182 Å². The fourth-order valence-electron chi connectivity index (χ4n) is 8.45. The third-order valence-electron chi connectivity index (χ3n) is 11.1. The largest absolute Gasteiger partial charge is 0.456 e. The maximum atomic E-state index is 6.74. The first-order valence-corrected chi connectivity index (χ1v) is 19.0. The number of para-hydroxylation sites is 2. The highest BCUT2D eigenvalue weighted by Gasteiger charge is 2.22. The SMILES string of the molecule is c1ccc(-c2nc(-c3ccc4c(c3)oc3cccc(-c5ccccc5)c34)nc(-n3c4ccccc4c4cc5c(cc43)oc3c(-c4ccccc4)cccc35)n2)cc1. The van der Waals surface area contributed by atoms with Crippen molar-refractivity contribution in [1.82, 2.24) is 19.5 Å². The van der Waals surface area contributed by atoms with Gasteiger partial charge in [-0.15, -0.1) is 0 Å². The summed E-state index contributed by atoms with van der Waals surface area (Å²) in [5, 5.41) is 6.46. The Morgan fingerprint density at radius 1 is 0.351 bits per heavy atom. The smallest absolute Gasteiger partial charge is 0.238 e. The molecular weight excluding hydrogens is 701 g/mol. The third-order valence-corrected chi connectivity index (χ3v) is 11.1. The number of nitrogens with zero attached hydrogens (tertiary/aromatic N) is 4. The normalized spacial score (nSPS) is 11.9. The van der Waals surface area contributed by atoms with Gasteiger partial charge in [0.1, 0.15) is 22.3 Å². The zero-order valence-corrected chi connectivity index (χ0v) is 30.4. The fourth-order valence-corrected chi connectivity index (χ4v) is 8.45. The second kappa shape index (κ2) is 12.3. The molecule has 0 amide bonds. The zero-order chi connectivity index (χ0) is 37.5. The summed E-state index contributed by atoms with van der Waals surface area (Å²) in [5.41, 5.74) is 11.4. The minimum absolute atomic E-state index is 0.515. The first-order chi connectivity index (χ1) is 28.2. The number of benzene rings is 8. The lowest BCUT2D eigenvalue weighted by atomic mass is 9.99. The Labute approximate surface area is 325 Å². The summed E-state index contributed by atoms with van der Waals surface area (Å²) >= 11 is 0. The molecule has 6 heteroatoms. The maximum Gasteiger partial charge on any atom is 0.238 e. The van der Waals surface area contributed by atoms with Crippen LogP contribution in [0.25, 0.3) is 117 Å². The lowest BCUT2D eigenvalue weighted by Crippen LogP contribution is -2.06. The van der Waals surface area contributed by atoms with Crippen molar-refractivity contribution in [2.75, 3.05) is 0 Å². The Morgan fingerprint density at radius 3 is 1.77 bits per heavy atom. The van der Waals surface area contributed by atoms with E-state index in [2.05, 4.69) is 126 Å². The topological polar surface area (TPSA) is 69.9 Å². The van der Waals surface area contributed by atoms with E-state index in [4.69, 9.17) is 23.8 Å². The molecule has 0 saturated carbocycles. The predicted octanol–water partition coefficient (Wildman–Crippen LogP) is 13.4. The summed E-state index contributed by atoms with van der Waals surface area (Å²) in [4.78, 5) is 15.5. The molecule has 4 aromatic heterocycles. The third kappa shape index (κ3) is 4.94. The van der Waals surface area contributed by atoms with Crippen molar-refractivity contribution in [2.24, 2.45) is 0 Å². The van der Waals surface area contributed by atoms with Crippen LogP contribution in [-0.4, -0.2) is 19.5 Å². The van der Waals surface area contributed by atoms with E-state index in [0.29, 0.717) is 17.6 Å². The Balaban J connectivity index is 1.09. The van der Waals surface area contributed by atoms with Gasteiger partial charge in [0.05, 0.1) is 11.0 Å². The fraction of sp³-hybridized carbons (Fsp3) is 0. The summed E-state index contributed by atoms with van der Waals surface area (Å²) < 4.78 is 15.4. The van der Waals surface area contributed by atoms with Gasteiger partial charge in [-0.25, -0.2) is 4.98 Å². The van der Waals surface area contributed by atoms with Crippen LogP contribution in [0.3, 0.4) is 0 Å². The highest BCUT2D eigenvalue weighted by molar-refractivity contribution is 6.18. The quantitative estimate of drug-likeness (QED) is 0.176. The van der Waals surface area contributed by atoms with Gasteiger partial charge in [-0.1, -0.05) is 146 Å². The van der Waals surface area contributed by atoms with Gasteiger partial charge in [0.25, 0.3) is 0 Å². The highest BCUT2D eigenvalue weighted by Crippen LogP contribution is 2.42. The first-order valence-electron chi connectivity index (χ1n) is 19.0. The van der Waals surface area contributed by atoms with E-state index in [9.17, 15) is 0 Å². The van der Waals surface area contributed by atoms with E-state index in [1.54, 1.807) is 0 Å². The van der Waals surface area contributed by atoms with E-state index < -0.39 is 0 Å². The van der Waals surface area contributed by atoms with Crippen molar-refractivity contribution in [3.8, 4) is 51.0 Å². The van der Waals surface area contributed by atoms with Gasteiger partial charge < -0.3 is 8.83 Å². The average molecular weight is 731 g/mol. The van der Waals surface area contributed by atoms with Gasteiger partial charge in [-0.3, -0.25) is 4.57 Å². The van der Waals surface area contributed by atoms with Crippen LogP contribution < -0.4 is 0 Å². The molecule has 4 heterocycles. The highest BCUT2D eigenvalue weighted by atomic mass is 16.3. The van der Waals surface area contributed by atoms with Gasteiger partial charge in [-0.05, 0) is 47.0 Å². The van der Waals surface area contributed by atoms with Gasteiger partial charge in [-0.2, -0.15) is 9.97 Å². The molecule has 0 bridgehead atoms. The molecule has 0 spiro atoms. The van der Waals surface area contributed by atoms with Gasteiger partial charge in [0.15, 0.2) is 11.6 Å². The number of hydrogen-bond donors (Lipinski definition) is 0. The number of fused-ring (bicyclic) bond motifs is 9. The minimum Gasteiger partial charge on any atom is -0.456 e. The molecule has 0 aliphatic rings. The van der Waals surface area contributed by atoms with E-state index in [0.717, 1.165) is 99.1 Å². The molecule has 57 heavy (non-hydrogen) atoms. The Kier molecular flexibility index (Phi) is 6.83. The van der Waals surface area contributed by atoms with E-state index >= 15 is 0 Å². The molecular formula is C51H30N4O2. The lowest BCUT2D eigenvalue weighted by Gasteiger charge is -2.11. The summed E-state index contributed by atoms with van der Waals surface area (Å²) in [7, 11) is 0. The van der Waals surface area contributed by atoms with Crippen molar-refractivity contribution in [3.63, 3.8) is 0 Å². The molecule has 0 aliphatic carbocycles. The molecule has 6 nitrogen and oxygen atoms in total. The van der Waals surface area contributed by atoms with Crippen LogP contribution in [-0.2, 0) is 0 Å². The second-order valence-electron chi connectivity index (χ2n) is 14.4. The second-order valence-corrected chi connectivity index (χ2v) is 14.4. The van der Waals surface area contributed by atoms with E-state index in [1.807, 2.05) is 60.7 Å². The van der Waals surface area contributed by atoms with E-state index in [-0.39, 0.29) is 0 Å². The molecule has 0 fully saturated rings. The van der Waals surface area contributed by atoms with Crippen molar-refractivity contribution in [1.29, 1.82) is 0 Å². The molecule has 0 atom stereocenters. The Morgan fingerprint density at radius 2 is 0.982 bits per heavy atom. The van der Waals surface area contributed by atoms with Crippen molar-refractivity contribution in [2.45, 2.75) is 0 Å². The summed E-state index contributed by atoms with van der Waals surface area (Å²) in [6.45, 7) is 0. The maximum absolute atomic E-state index is 6.74. The summed E-state index contributed by atoms with van der Waals surface area (Å²) in [6.07, 6.45) is 0. The van der Waals surface area contributed by atoms with Crippen LogP contribution >= 0.6 is 0 Å². The van der Waals surface area contributed by atoms with Crippen LogP contribution in [0.2, 0.25) is 0 Å². The van der Waals surface area contributed by atoms with Crippen LogP contribution in [0.5, 0.6) is 0 Å². The average Bonchev–Trinajstić information content (AvgIpc) is 3.95. The molecule has 0 saturated heterocycles. The van der Waals surface area contributed by atoms with Crippen molar-refractivity contribution >= 4 is 65.7 Å². The molecule has 266 valence electrons. The van der Waals surface area contributed by atoms with Gasteiger partial charge in [0, 0.05) is 55.1 Å². The Hall–Kier alpha value is -7.83. The van der Waals surface area contributed by atoms with Crippen molar-refractivity contribution < 1.29 is 8.83 Å². The molecule has 8 aromatic carbocycles. The number of furan rings is 2. The van der Waals surface area contributed by atoms with Crippen LogP contribution in [0.15, 0.2) is 191 Å². The monoisotopic (exact) mass is 730 g/mol. The van der Waals surface area contributed by atoms with Crippen LogP contribution in [0, 0.1) is 0 Å². The number of aromatic nitrogens is 4.